The number of aryl methyl sites for hydroxylation is 2. The highest BCUT2D eigenvalue weighted by atomic mass is 16.6. The number of aliphatic hydroxyl groups is 1. The fourth-order valence-electron chi connectivity index (χ4n) is 5.07. The van der Waals surface area contributed by atoms with Crippen LogP contribution in [0.25, 0.3) is 11.4 Å². The Morgan fingerprint density at radius 3 is 2.65 bits per heavy atom. The molecule has 2 fully saturated rings. The van der Waals surface area contributed by atoms with Crippen molar-refractivity contribution < 1.29 is 24.4 Å². The lowest BCUT2D eigenvalue weighted by Crippen LogP contribution is -2.42. The molecule has 11 nitrogen and oxygen atoms in total. The average molecular weight is 506 g/mol. The number of benzene rings is 1. The molecule has 192 valence electrons. The summed E-state index contributed by atoms with van der Waals surface area (Å²) in [6.07, 6.45) is 1.73. The highest BCUT2D eigenvalue weighted by molar-refractivity contribution is 6.46. The third-order valence-corrected chi connectivity index (χ3v) is 6.94. The van der Waals surface area contributed by atoms with Gasteiger partial charge in [0.25, 0.3) is 17.4 Å². The topological polar surface area (TPSA) is 131 Å². The number of non-ortho nitro benzene ring substituents is 1. The number of nitrogens with zero attached hydrogens (tertiary/aromatic N) is 5. The molecule has 1 aromatic carbocycles. The SMILES string of the molecule is Cc1nc2c(C)cccn2c1C(O)=C1C(=O)C(=O)N(CCN2CCOCC2)[C@@H]1c1cccc([N+](=O)[O-])c1. The van der Waals surface area contributed by atoms with Crippen molar-refractivity contribution in [3.63, 3.8) is 0 Å². The third-order valence-electron chi connectivity index (χ3n) is 6.94. The van der Waals surface area contributed by atoms with Crippen LogP contribution in [-0.2, 0) is 14.3 Å². The fourth-order valence-corrected chi connectivity index (χ4v) is 5.07. The number of aliphatic hydroxyl groups excluding tert-OH is 1. The number of imidazole rings is 1. The molecule has 0 unspecified atom stereocenters. The Bertz CT molecular complexity index is 1440. The van der Waals surface area contributed by atoms with Gasteiger partial charge in [0.15, 0.2) is 5.76 Å². The number of amides is 1. The number of likely N-dealkylation sites (tertiary alicyclic amines) is 1. The van der Waals surface area contributed by atoms with Gasteiger partial charge in [0.2, 0.25) is 0 Å². The maximum absolute atomic E-state index is 13.4. The number of carbonyl (C=O) groups excluding carboxylic acids is 2. The minimum Gasteiger partial charge on any atom is -0.505 e. The molecule has 2 saturated heterocycles. The number of morpholine rings is 1. The first-order chi connectivity index (χ1) is 17.8. The van der Waals surface area contributed by atoms with Crippen LogP contribution >= 0.6 is 0 Å². The van der Waals surface area contributed by atoms with Crippen LogP contribution in [0, 0.1) is 24.0 Å². The summed E-state index contributed by atoms with van der Waals surface area (Å²) < 4.78 is 7.08. The lowest BCUT2D eigenvalue weighted by molar-refractivity contribution is -0.384. The van der Waals surface area contributed by atoms with Gasteiger partial charge in [-0.3, -0.25) is 29.0 Å². The fraction of sp³-hybridized carbons (Fsp3) is 0.346. The molecule has 3 aromatic rings. The number of fused-ring (bicyclic) bond motifs is 1. The van der Waals surface area contributed by atoms with Crippen molar-refractivity contribution in [2.45, 2.75) is 19.9 Å². The number of rotatable bonds is 6. The van der Waals surface area contributed by atoms with E-state index in [0.29, 0.717) is 55.4 Å². The smallest absolute Gasteiger partial charge is 0.295 e. The monoisotopic (exact) mass is 505 g/mol. The molecule has 1 N–H and O–H groups in total. The van der Waals surface area contributed by atoms with Crippen molar-refractivity contribution in [1.82, 2.24) is 19.2 Å². The molecule has 0 spiro atoms. The maximum atomic E-state index is 13.4. The maximum Gasteiger partial charge on any atom is 0.295 e. The number of hydrogen-bond acceptors (Lipinski definition) is 8. The molecule has 0 saturated carbocycles. The zero-order valence-electron chi connectivity index (χ0n) is 20.6. The lowest BCUT2D eigenvalue weighted by atomic mass is 9.96. The standard InChI is InChI=1S/C26H27N5O6/c1-16-5-4-8-29-21(17(2)27-25(16)29)23(32)20-22(18-6-3-7-19(15-18)31(35)36)30(26(34)24(20)33)10-9-28-11-13-37-14-12-28/h3-8,15,22,32H,9-14H2,1-2H3/t22-/m1/s1. The van der Waals surface area contributed by atoms with Gasteiger partial charge in [-0.1, -0.05) is 18.2 Å². The summed E-state index contributed by atoms with van der Waals surface area (Å²) in [5.41, 5.74) is 2.39. The number of ketones is 1. The summed E-state index contributed by atoms with van der Waals surface area (Å²) in [5, 5.41) is 23.1. The number of nitro benzene ring substituents is 1. The number of hydrogen-bond donors (Lipinski definition) is 1. The van der Waals surface area contributed by atoms with Crippen LogP contribution in [-0.4, -0.2) is 80.3 Å². The largest absolute Gasteiger partial charge is 0.505 e. The molecule has 2 aromatic heterocycles. The van der Waals surface area contributed by atoms with Crippen molar-refractivity contribution in [2.75, 3.05) is 39.4 Å². The molecule has 0 radical (unpaired) electrons. The summed E-state index contributed by atoms with van der Waals surface area (Å²) in [5.74, 6) is -1.95. The predicted molar refractivity (Wildman–Crippen MR) is 134 cm³/mol. The van der Waals surface area contributed by atoms with E-state index in [4.69, 9.17) is 4.74 Å². The number of Topliss-reactive ketones (excluding diaryl/α,β-unsaturated/α-hetero) is 1. The third kappa shape index (κ3) is 4.36. The van der Waals surface area contributed by atoms with Gasteiger partial charge in [-0.2, -0.15) is 0 Å². The Labute approximate surface area is 212 Å². The van der Waals surface area contributed by atoms with Gasteiger partial charge < -0.3 is 14.7 Å². The van der Waals surface area contributed by atoms with Crippen LogP contribution in [0.15, 0.2) is 48.2 Å². The van der Waals surface area contributed by atoms with Crippen LogP contribution in [0.3, 0.4) is 0 Å². The van der Waals surface area contributed by atoms with E-state index in [2.05, 4.69) is 9.88 Å². The van der Waals surface area contributed by atoms with E-state index < -0.39 is 22.7 Å². The molecular weight excluding hydrogens is 478 g/mol. The Morgan fingerprint density at radius 2 is 1.92 bits per heavy atom. The van der Waals surface area contributed by atoms with Crippen molar-refractivity contribution in [2.24, 2.45) is 0 Å². The second-order valence-corrected chi connectivity index (χ2v) is 9.23. The lowest BCUT2D eigenvalue weighted by Gasteiger charge is -2.31. The van der Waals surface area contributed by atoms with Gasteiger partial charge in [0.1, 0.15) is 11.3 Å². The molecule has 4 heterocycles. The Hall–Kier alpha value is -4.09. The minimum absolute atomic E-state index is 0.112. The average Bonchev–Trinajstić information content (AvgIpc) is 3.37. The van der Waals surface area contributed by atoms with E-state index in [1.54, 1.807) is 29.7 Å². The molecule has 1 atom stereocenters. The van der Waals surface area contributed by atoms with Gasteiger partial charge in [0, 0.05) is 44.5 Å². The van der Waals surface area contributed by atoms with Gasteiger partial charge in [-0.15, -0.1) is 0 Å². The van der Waals surface area contributed by atoms with E-state index in [1.165, 1.54) is 23.1 Å². The van der Waals surface area contributed by atoms with Crippen molar-refractivity contribution in [1.29, 1.82) is 0 Å². The quantitative estimate of drug-likeness (QED) is 0.178. The highest BCUT2D eigenvalue weighted by Gasteiger charge is 2.47. The van der Waals surface area contributed by atoms with Gasteiger partial charge in [-0.25, -0.2) is 4.98 Å². The summed E-state index contributed by atoms with van der Waals surface area (Å²) in [4.78, 5) is 45.8. The molecule has 2 aliphatic heterocycles. The Kier molecular flexibility index (Phi) is 6.48. The van der Waals surface area contributed by atoms with Crippen LogP contribution in [0.4, 0.5) is 5.69 Å². The van der Waals surface area contributed by atoms with E-state index in [1.807, 2.05) is 13.0 Å². The molecular formula is C26H27N5O6. The molecule has 2 aliphatic rings. The van der Waals surface area contributed by atoms with Crippen LogP contribution < -0.4 is 0 Å². The first-order valence-electron chi connectivity index (χ1n) is 12.1. The van der Waals surface area contributed by atoms with Crippen LogP contribution in [0.1, 0.15) is 28.6 Å². The van der Waals surface area contributed by atoms with E-state index in [-0.39, 0.29) is 23.6 Å². The second-order valence-electron chi connectivity index (χ2n) is 9.23. The highest BCUT2D eigenvalue weighted by Crippen LogP contribution is 2.40. The minimum atomic E-state index is -0.990. The molecule has 11 heteroatoms. The number of pyridine rings is 1. The van der Waals surface area contributed by atoms with Crippen molar-refractivity contribution in [3.05, 3.63) is 80.8 Å². The van der Waals surface area contributed by atoms with Crippen molar-refractivity contribution in [3.8, 4) is 0 Å². The number of aromatic nitrogens is 2. The predicted octanol–water partition coefficient (Wildman–Crippen LogP) is 2.61. The van der Waals surface area contributed by atoms with Crippen LogP contribution in [0.5, 0.6) is 0 Å². The zero-order valence-corrected chi connectivity index (χ0v) is 20.6. The molecule has 0 bridgehead atoms. The Morgan fingerprint density at radius 1 is 1.16 bits per heavy atom. The molecule has 5 rings (SSSR count). The zero-order chi connectivity index (χ0) is 26.3. The molecule has 0 aliphatic carbocycles. The number of carbonyl (C=O) groups is 2. The summed E-state index contributed by atoms with van der Waals surface area (Å²) in [6, 6.07) is 8.54. The first-order valence-corrected chi connectivity index (χ1v) is 12.1. The van der Waals surface area contributed by atoms with Gasteiger partial charge in [-0.05, 0) is 31.0 Å². The van der Waals surface area contributed by atoms with E-state index in [0.717, 1.165) is 5.56 Å². The summed E-state index contributed by atoms with van der Waals surface area (Å²) in [6.45, 7) is 6.88. The second kappa shape index (κ2) is 9.75. The Balaban J connectivity index is 1.65. The summed E-state index contributed by atoms with van der Waals surface area (Å²) >= 11 is 0. The van der Waals surface area contributed by atoms with Gasteiger partial charge in [0.05, 0.1) is 35.4 Å². The number of ether oxygens (including phenoxy) is 1. The van der Waals surface area contributed by atoms with Crippen molar-refractivity contribution >= 4 is 28.8 Å². The van der Waals surface area contributed by atoms with E-state index >= 15 is 0 Å². The molecule has 1 amide bonds. The number of nitro groups is 1. The normalized spacial score (nSPS) is 20.2. The first kappa shape index (κ1) is 24.6. The van der Waals surface area contributed by atoms with Gasteiger partial charge >= 0.3 is 0 Å². The van der Waals surface area contributed by atoms with E-state index in [9.17, 15) is 24.8 Å². The molecule has 37 heavy (non-hydrogen) atoms. The summed E-state index contributed by atoms with van der Waals surface area (Å²) in [7, 11) is 0. The van der Waals surface area contributed by atoms with Crippen LogP contribution in [0.2, 0.25) is 0 Å².